The van der Waals surface area contributed by atoms with Gasteiger partial charge in [0.05, 0.1) is 6.20 Å². The van der Waals surface area contributed by atoms with Gasteiger partial charge in [-0.2, -0.15) is 0 Å². The molecule has 0 radical (unpaired) electrons. The molecule has 72 valence electrons. The van der Waals surface area contributed by atoms with E-state index in [0.29, 0.717) is 11.7 Å². The molecular formula is C9H15N3O. The van der Waals surface area contributed by atoms with Crippen molar-refractivity contribution in [3.63, 3.8) is 0 Å². The molecule has 0 aliphatic rings. The standard InChI is InChI=1S/C9H15N3O/c1-6(2)4-8-10-5-9(12-8)11-7(3)13/h5-6H,4H2,1-3H3,(H,10,12)(H,11,13). The van der Waals surface area contributed by atoms with E-state index in [9.17, 15) is 4.79 Å². The van der Waals surface area contributed by atoms with Crippen molar-refractivity contribution in [2.75, 3.05) is 5.32 Å². The Labute approximate surface area is 77.8 Å². The third-order valence-electron chi connectivity index (χ3n) is 1.54. The average Bonchev–Trinajstić information content (AvgIpc) is 2.33. The van der Waals surface area contributed by atoms with Crippen molar-refractivity contribution < 1.29 is 4.79 Å². The molecule has 0 saturated heterocycles. The molecule has 1 aromatic rings. The maximum Gasteiger partial charge on any atom is 0.222 e. The monoisotopic (exact) mass is 181 g/mol. The van der Waals surface area contributed by atoms with Gasteiger partial charge < -0.3 is 10.3 Å². The number of imidazole rings is 1. The van der Waals surface area contributed by atoms with Gasteiger partial charge in [-0.25, -0.2) is 4.98 Å². The molecule has 0 aliphatic heterocycles. The highest BCUT2D eigenvalue weighted by atomic mass is 16.1. The molecular weight excluding hydrogens is 166 g/mol. The Morgan fingerprint density at radius 3 is 2.92 bits per heavy atom. The van der Waals surface area contributed by atoms with Crippen LogP contribution in [0.3, 0.4) is 0 Å². The number of carbonyl (C=O) groups excluding carboxylic acids is 1. The van der Waals surface area contributed by atoms with Crippen LogP contribution >= 0.6 is 0 Å². The Morgan fingerprint density at radius 2 is 2.38 bits per heavy atom. The van der Waals surface area contributed by atoms with E-state index in [2.05, 4.69) is 29.1 Å². The third-order valence-corrected chi connectivity index (χ3v) is 1.54. The van der Waals surface area contributed by atoms with Gasteiger partial charge in [0.1, 0.15) is 11.6 Å². The molecule has 4 heteroatoms. The summed E-state index contributed by atoms with van der Waals surface area (Å²) in [7, 11) is 0. The molecule has 0 aliphatic carbocycles. The number of aromatic nitrogens is 2. The lowest BCUT2D eigenvalue weighted by Gasteiger charge is -1.99. The Kier molecular flexibility index (Phi) is 3.06. The first-order valence-electron chi connectivity index (χ1n) is 4.39. The van der Waals surface area contributed by atoms with Crippen LogP contribution in [0.1, 0.15) is 26.6 Å². The fraction of sp³-hybridized carbons (Fsp3) is 0.556. The van der Waals surface area contributed by atoms with Crippen LogP contribution in [0, 0.1) is 5.92 Å². The second kappa shape index (κ2) is 4.07. The van der Waals surface area contributed by atoms with E-state index in [-0.39, 0.29) is 5.91 Å². The summed E-state index contributed by atoms with van der Waals surface area (Å²) in [6, 6.07) is 0. The number of nitrogens with one attached hydrogen (secondary N) is 2. The summed E-state index contributed by atoms with van der Waals surface area (Å²) in [5.41, 5.74) is 0. The van der Waals surface area contributed by atoms with Crippen LogP contribution in [0.5, 0.6) is 0 Å². The summed E-state index contributed by atoms with van der Waals surface area (Å²) in [4.78, 5) is 17.9. The number of anilines is 1. The number of hydrogen-bond donors (Lipinski definition) is 2. The maximum atomic E-state index is 10.7. The lowest BCUT2D eigenvalue weighted by Crippen LogP contribution is -2.06. The first kappa shape index (κ1) is 9.77. The molecule has 0 unspecified atom stereocenters. The van der Waals surface area contributed by atoms with Gasteiger partial charge in [0.2, 0.25) is 5.91 Å². The molecule has 1 amide bonds. The van der Waals surface area contributed by atoms with E-state index in [1.807, 2.05) is 0 Å². The van der Waals surface area contributed by atoms with E-state index < -0.39 is 0 Å². The first-order chi connectivity index (χ1) is 6.08. The minimum atomic E-state index is -0.0836. The Hall–Kier alpha value is -1.32. The average molecular weight is 181 g/mol. The van der Waals surface area contributed by atoms with Gasteiger partial charge in [-0.3, -0.25) is 4.79 Å². The second-order valence-electron chi connectivity index (χ2n) is 3.52. The molecule has 4 nitrogen and oxygen atoms in total. The number of rotatable bonds is 3. The van der Waals surface area contributed by atoms with Gasteiger partial charge in [-0.15, -0.1) is 0 Å². The first-order valence-corrected chi connectivity index (χ1v) is 4.39. The second-order valence-corrected chi connectivity index (χ2v) is 3.52. The predicted molar refractivity (Wildman–Crippen MR) is 51.4 cm³/mol. The number of carbonyl (C=O) groups is 1. The largest absolute Gasteiger partial charge is 0.329 e. The summed E-state index contributed by atoms with van der Waals surface area (Å²) in [6.07, 6.45) is 2.54. The van der Waals surface area contributed by atoms with Crippen molar-refractivity contribution in [2.45, 2.75) is 27.2 Å². The van der Waals surface area contributed by atoms with Gasteiger partial charge in [0.15, 0.2) is 0 Å². The van der Waals surface area contributed by atoms with Crippen LogP contribution < -0.4 is 5.32 Å². The van der Waals surface area contributed by atoms with Crippen molar-refractivity contribution in [1.29, 1.82) is 0 Å². The lowest BCUT2D eigenvalue weighted by atomic mass is 10.1. The summed E-state index contributed by atoms with van der Waals surface area (Å²) in [5.74, 6) is 2.07. The Morgan fingerprint density at radius 1 is 1.69 bits per heavy atom. The fourth-order valence-electron chi connectivity index (χ4n) is 1.11. The van der Waals surface area contributed by atoms with Crippen molar-refractivity contribution >= 4 is 11.7 Å². The molecule has 13 heavy (non-hydrogen) atoms. The highest BCUT2D eigenvalue weighted by Crippen LogP contribution is 2.07. The molecule has 0 saturated carbocycles. The van der Waals surface area contributed by atoms with E-state index in [0.717, 1.165) is 12.2 Å². The topological polar surface area (TPSA) is 57.8 Å². The fourth-order valence-corrected chi connectivity index (χ4v) is 1.11. The van der Waals surface area contributed by atoms with E-state index >= 15 is 0 Å². The minimum absolute atomic E-state index is 0.0836. The van der Waals surface area contributed by atoms with Crippen LogP contribution in [0.2, 0.25) is 0 Å². The number of nitrogens with zero attached hydrogens (tertiary/aromatic N) is 1. The molecule has 1 aromatic heterocycles. The normalized spacial score (nSPS) is 10.5. The van der Waals surface area contributed by atoms with Crippen molar-refractivity contribution in [3.8, 4) is 0 Å². The summed E-state index contributed by atoms with van der Waals surface area (Å²) >= 11 is 0. The quantitative estimate of drug-likeness (QED) is 0.743. The van der Waals surface area contributed by atoms with Gasteiger partial charge >= 0.3 is 0 Å². The highest BCUT2D eigenvalue weighted by molar-refractivity contribution is 5.87. The third kappa shape index (κ3) is 3.27. The summed E-state index contributed by atoms with van der Waals surface area (Å²) in [6.45, 7) is 5.73. The SMILES string of the molecule is CC(=O)Nc1cnc(CC(C)C)[nH]1. The number of hydrogen-bond acceptors (Lipinski definition) is 2. The Balaban J connectivity index is 2.58. The molecule has 1 rings (SSSR count). The highest BCUT2D eigenvalue weighted by Gasteiger charge is 2.03. The zero-order chi connectivity index (χ0) is 9.84. The van der Waals surface area contributed by atoms with E-state index in [1.54, 1.807) is 6.20 Å². The van der Waals surface area contributed by atoms with Gasteiger partial charge in [-0.1, -0.05) is 13.8 Å². The van der Waals surface area contributed by atoms with Gasteiger partial charge in [-0.05, 0) is 5.92 Å². The van der Waals surface area contributed by atoms with Gasteiger partial charge in [0.25, 0.3) is 0 Å². The van der Waals surface area contributed by atoms with E-state index in [4.69, 9.17) is 0 Å². The molecule has 0 spiro atoms. The van der Waals surface area contributed by atoms with Crippen LogP contribution in [0.4, 0.5) is 5.82 Å². The summed E-state index contributed by atoms with van der Waals surface area (Å²) < 4.78 is 0. The molecule has 1 heterocycles. The smallest absolute Gasteiger partial charge is 0.222 e. The zero-order valence-electron chi connectivity index (χ0n) is 8.22. The number of aromatic amines is 1. The molecule has 0 atom stereocenters. The zero-order valence-corrected chi connectivity index (χ0v) is 8.22. The minimum Gasteiger partial charge on any atom is -0.329 e. The molecule has 0 fully saturated rings. The maximum absolute atomic E-state index is 10.7. The number of amides is 1. The lowest BCUT2D eigenvalue weighted by molar-refractivity contribution is -0.114. The van der Waals surface area contributed by atoms with Crippen molar-refractivity contribution in [1.82, 2.24) is 9.97 Å². The van der Waals surface area contributed by atoms with Crippen LogP contribution in [0.25, 0.3) is 0 Å². The number of H-pyrrole nitrogens is 1. The van der Waals surface area contributed by atoms with Crippen LogP contribution in [-0.2, 0) is 11.2 Å². The van der Waals surface area contributed by atoms with Gasteiger partial charge in [0, 0.05) is 13.3 Å². The molecule has 0 aromatic carbocycles. The van der Waals surface area contributed by atoms with Crippen molar-refractivity contribution in [3.05, 3.63) is 12.0 Å². The van der Waals surface area contributed by atoms with Crippen LogP contribution in [-0.4, -0.2) is 15.9 Å². The van der Waals surface area contributed by atoms with E-state index in [1.165, 1.54) is 6.92 Å². The molecule has 2 N–H and O–H groups in total. The predicted octanol–water partition coefficient (Wildman–Crippen LogP) is 1.57. The van der Waals surface area contributed by atoms with Crippen LogP contribution in [0.15, 0.2) is 6.20 Å². The summed E-state index contributed by atoms with van der Waals surface area (Å²) in [5, 5.41) is 2.64. The molecule has 0 bridgehead atoms. The van der Waals surface area contributed by atoms with Crippen molar-refractivity contribution in [2.24, 2.45) is 5.92 Å². The Bertz CT molecular complexity index is 291.